The minimum absolute atomic E-state index is 0.244. The molecule has 5 rings (SSSR count). The largest absolute Gasteiger partial charge is 0.465 e. The maximum absolute atomic E-state index is 11.9. The van der Waals surface area contributed by atoms with Crippen LogP contribution in [0.1, 0.15) is 30.1 Å². The number of thioether (sulfide) groups is 1. The number of halogens is 1. The minimum atomic E-state index is -0.350. The summed E-state index contributed by atoms with van der Waals surface area (Å²) in [7, 11) is 1.39. The fourth-order valence-electron chi connectivity index (χ4n) is 4.34. The van der Waals surface area contributed by atoms with Crippen LogP contribution in [0.2, 0.25) is 0 Å². The molecule has 0 amide bonds. The number of nitrogens with zero attached hydrogens (tertiary/aromatic N) is 2. The highest BCUT2D eigenvalue weighted by molar-refractivity contribution is 14.2. The van der Waals surface area contributed by atoms with Gasteiger partial charge < -0.3 is 19.7 Å². The molecule has 3 heterocycles. The van der Waals surface area contributed by atoms with E-state index in [1.165, 1.54) is 29.2 Å². The highest BCUT2D eigenvalue weighted by atomic mass is 127. The first-order valence-electron chi connectivity index (χ1n) is 11.0. The lowest BCUT2D eigenvalue weighted by atomic mass is 10.2. The average molecular weight is 575 g/mol. The van der Waals surface area contributed by atoms with E-state index >= 15 is 0 Å². The number of fused-ring (bicyclic) bond motifs is 2. The first kappa shape index (κ1) is 22.6. The Labute approximate surface area is 208 Å². The number of anilines is 2. The third-order valence-electron chi connectivity index (χ3n) is 5.91. The fourth-order valence-corrected chi connectivity index (χ4v) is 8.51. The number of esters is 1. The van der Waals surface area contributed by atoms with Gasteiger partial charge in [-0.3, -0.25) is 0 Å². The lowest BCUT2D eigenvalue weighted by Crippen LogP contribution is -2.42. The van der Waals surface area contributed by atoms with Crippen LogP contribution in [0.5, 0.6) is 0 Å². The summed E-state index contributed by atoms with van der Waals surface area (Å²) in [4.78, 5) is 19.1. The second-order valence-corrected chi connectivity index (χ2v) is 12.3. The van der Waals surface area contributed by atoms with E-state index < -0.39 is 0 Å². The van der Waals surface area contributed by atoms with Crippen LogP contribution in [0.25, 0.3) is 0 Å². The van der Waals surface area contributed by atoms with E-state index in [9.17, 15) is 4.79 Å². The first-order chi connectivity index (χ1) is 16.1. The molecule has 0 saturated carbocycles. The number of nitrogens with one attached hydrogen (secondary N) is 1. The molecule has 172 valence electrons. The van der Waals surface area contributed by atoms with E-state index in [1.807, 2.05) is 12.1 Å². The molecule has 8 heteroatoms. The van der Waals surface area contributed by atoms with Gasteiger partial charge in [0.15, 0.2) is 0 Å². The predicted molar refractivity (Wildman–Crippen MR) is 145 cm³/mol. The normalized spacial score (nSPS) is 24.5. The van der Waals surface area contributed by atoms with Gasteiger partial charge in [-0.1, -0.05) is 44.6 Å². The molecule has 2 aromatic carbocycles. The zero-order chi connectivity index (χ0) is 22.8. The number of carbonyl (C=O) groups excluding carboxylic acids is 1. The predicted octanol–water partition coefficient (Wildman–Crippen LogP) is 5.69. The summed E-state index contributed by atoms with van der Waals surface area (Å²) in [5.41, 5.74) is 4.73. The number of carbonyl (C=O) groups is 1. The van der Waals surface area contributed by atoms with Gasteiger partial charge >= 0.3 is 5.97 Å². The van der Waals surface area contributed by atoms with Crippen molar-refractivity contribution in [1.82, 2.24) is 0 Å². The van der Waals surface area contributed by atoms with Gasteiger partial charge in [0.05, 0.1) is 34.1 Å². The van der Waals surface area contributed by atoms with Gasteiger partial charge in [0, 0.05) is 33.5 Å². The molecular weight excluding hydrogens is 549 g/mol. The number of hydrogen-bond donors (Lipinski definition) is 1. The fraction of sp³-hybridized carbons (Fsp3) is 0.320. The van der Waals surface area contributed by atoms with E-state index in [0.29, 0.717) is 17.8 Å². The Bertz CT molecular complexity index is 1150. The molecule has 2 saturated heterocycles. The molecule has 0 spiro atoms. The highest BCUT2D eigenvalue weighted by Crippen LogP contribution is 2.36. The van der Waals surface area contributed by atoms with E-state index in [2.05, 4.69) is 44.7 Å². The zero-order valence-corrected chi connectivity index (χ0v) is 21.6. The lowest BCUT2D eigenvalue weighted by molar-refractivity contribution is 0.0305. The van der Waals surface area contributed by atoms with Gasteiger partial charge in [-0.25, -0.2) is 9.79 Å². The van der Waals surface area contributed by atoms with Gasteiger partial charge in [-0.2, -0.15) is 0 Å². The van der Waals surface area contributed by atoms with Crippen LogP contribution in [-0.2, 0) is 9.47 Å². The molecule has 2 aromatic rings. The SMILES string of the molecule is COC(=O)c1cccc(N=C2SC=I/C2=C(/C)Nc2cccc(N3CC4CC[C@H](C3)O4)c2)c1. The van der Waals surface area contributed by atoms with Crippen LogP contribution in [0.3, 0.4) is 0 Å². The van der Waals surface area contributed by atoms with Crippen LogP contribution < -0.4 is 10.2 Å². The van der Waals surface area contributed by atoms with Crippen LogP contribution in [-0.4, -0.2) is 46.8 Å². The maximum Gasteiger partial charge on any atom is 0.337 e. The summed E-state index contributed by atoms with van der Waals surface area (Å²) in [5, 5.41) is 4.61. The summed E-state index contributed by atoms with van der Waals surface area (Å²) < 4.78 is 14.4. The topological polar surface area (TPSA) is 63.2 Å². The van der Waals surface area contributed by atoms with Crippen molar-refractivity contribution in [3.63, 3.8) is 0 Å². The molecule has 2 atom stereocenters. The Morgan fingerprint density at radius 3 is 2.76 bits per heavy atom. The van der Waals surface area contributed by atoms with E-state index in [0.717, 1.165) is 35.2 Å². The molecular formula is C25H26IN3O3S. The summed E-state index contributed by atoms with van der Waals surface area (Å²) in [6.07, 6.45) is 3.09. The second-order valence-electron chi connectivity index (χ2n) is 8.25. The number of aliphatic imine (C=N–C) groups is 1. The number of hydrogen-bond acceptors (Lipinski definition) is 7. The molecule has 33 heavy (non-hydrogen) atoms. The number of ether oxygens (including phenoxy) is 2. The van der Waals surface area contributed by atoms with Crippen molar-refractivity contribution in [3.05, 3.63) is 63.4 Å². The van der Waals surface area contributed by atoms with E-state index in [-0.39, 0.29) is 26.7 Å². The Balaban J connectivity index is 1.35. The molecule has 2 bridgehead atoms. The summed E-state index contributed by atoms with van der Waals surface area (Å²) in [5.74, 6) is -0.350. The first-order valence-corrected chi connectivity index (χ1v) is 14.2. The third kappa shape index (κ3) is 5.17. The standard InChI is InChI=1S/C25H26IN3O3S/c1-16(23-24(33-15-26-23)28-18-6-3-5-17(11-18)25(30)31-2)27-19-7-4-8-20(12-19)29-13-21-9-10-22(14-29)32-21/h3-8,11-12,15,21-22,27H,9-10,13-14H2,1-2H3/b23-16-,28-24?/t21-,22?/m1/s1. The van der Waals surface area contributed by atoms with Gasteiger partial charge in [0.1, 0.15) is 5.04 Å². The molecule has 1 N–H and O–H groups in total. The number of methoxy groups -OCH3 is 1. The molecule has 0 aromatic heterocycles. The maximum atomic E-state index is 11.9. The molecule has 2 fully saturated rings. The van der Waals surface area contributed by atoms with Crippen molar-refractivity contribution in [1.29, 1.82) is 0 Å². The second kappa shape index (κ2) is 9.99. The van der Waals surface area contributed by atoms with Gasteiger partial charge in [-0.15, -0.1) is 0 Å². The Morgan fingerprint density at radius 1 is 1.18 bits per heavy atom. The molecule has 1 unspecified atom stereocenters. The molecule has 0 aliphatic carbocycles. The Morgan fingerprint density at radius 2 is 1.97 bits per heavy atom. The number of morpholine rings is 1. The summed E-state index contributed by atoms with van der Waals surface area (Å²) in [6, 6.07) is 15.9. The van der Waals surface area contributed by atoms with Crippen molar-refractivity contribution in [3.8, 4) is 0 Å². The number of rotatable bonds is 5. The summed E-state index contributed by atoms with van der Waals surface area (Å²) in [6.45, 7) is 4.06. The van der Waals surface area contributed by atoms with Crippen LogP contribution in [0.15, 0.2) is 62.8 Å². The number of benzene rings is 2. The molecule has 3 aliphatic heterocycles. The van der Waals surface area contributed by atoms with Crippen molar-refractivity contribution < 1.29 is 14.3 Å². The van der Waals surface area contributed by atoms with Crippen LogP contribution >= 0.6 is 32.5 Å². The van der Waals surface area contributed by atoms with Crippen molar-refractivity contribution in [2.24, 2.45) is 4.99 Å². The van der Waals surface area contributed by atoms with Crippen LogP contribution in [0.4, 0.5) is 17.1 Å². The van der Waals surface area contributed by atoms with Gasteiger partial charge in [0.2, 0.25) is 0 Å². The van der Waals surface area contributed by atoms with E-state index in [4.69, 9.17) is 14.5 Å². The monoisotopic (exact) mass is 575 g/mol. The molecule has 0 radical (unpaired) electrons. The Kier molecular flexibility index (Phi) is 6.84. The highest BCUT2D eigenvalue weighted by Gasteiger charge is 2.33. The lowest BCUT2D eigenvalue weighted by Gasteiger charge is -2.34. The smallest absolute Gasteiger partial charge is 0.337 e. The minimum Gasteiger partial charge on any atom is -0.465 e. The van der Waals surface area contributed by atoms with Crippen molar-refractivity contribution >= 4 is 63.9 Å². The molecule has 3 aliphatic rings. The average Bonchev–Trinajstić information content (AvgIpc) is 3.44. The van der Waals surface area contributed by atoms with Crippen LogP contribution in [0, 0.1) is 0 Å². The summed E-state index contributed by atoms with van der Waals surface area (Å²) >= 11 is 1.43. The van der Waals surface area contributed by atoms with Gasteiger partial charge in [-0.05, 0) is 56.2 Å². The number of allylic oxidation sites excluding steroid dienone is 1. The van der Waals surface area contributed by atoms with E-state index in [1.54, 1.807) is 23.9 Å². The Hall–Kier alpha value is -2.17. The quantitative estimate of drug-likeness (QED) is 0.365. The molecule has 6 nitrogen and oxygen atoms in total. The van der Waals surface area contributed by atoms with Gasteiger partial charge in [0.25, 0.3) is 0 Å². The van der Waals surface area contributed by atoms with Crippen molar-refractivity contribution in [2.75, 3.05) is 30.4 Å². The third-order valence-corrected chi connectivity index (χ3v) is 10.4. The zero-order valence-electron chi connectivity index (χ0n) is 18.6. The van der Waals surface area contributed by atoms with Crippen molar-refractivity contribution in [2.45, 2.75) is 32.0 Å².